The van der Waals surface area contributed by atoms with Gasteiger partial charge in [-0.3, -0.25) is 4.79 Å². The number of amides is 2. The molecule has 0 spiro atoms. The summed E-state index contributed by atoms with van der Waals surface area (Å²) in [6.07, 6.45) is 1.68. The van der Waals surface area contributed by atoms with Crippen molar-refractivity contribution in [1.82, 2.24) is 10.2 Å². The molecule has 0 heterocycles. The summed E-state index contributed by atoms with van der Waals surface area (Å²) in [5, 5.41) is 11.6. The summed E-state index contributed by atoms with van der Waals surface area (Å²) in [5.74, 6) is -1.36. The van der Waals surface area contributed by atoms with Gasteiger partial charge in [0.05, 0.1) is 6.04 Å². The van der Waals surface area contributed by atoms with E-state index in [4.69, 9.17) is 5.11 Å². The number of nitrogens with one attached hydrogen (secondary N) is 1. The molecule has 1 atom stereocenters. The van der Waals surface area contributed by atoms with Gasteiger partial charge in [-0.05, 0) is 37.5 Å². The Morgan fingerprint density at radius 3 is 2.50 bits per heavy atom. The molecule has 1 unspecified atom stereocenters. The van der Waals surface area contributed by atoms with Crippen molar-refractivity contribution in [3.8, 4) is 0 Å². The van der Waals surface area contributed by atoms with E-state index < -0.39 is 12.0 Å². The molecule has 0 aliphatic heterocycles. The van der Waals surface area contributed by atoms with Crippen LogP contribution in [-0.4, -0.2) is 34.6 Å². The standard InChI is InChI=1S/C14H17FN2O3/c1-9(10-2-4-11(15)5-3-10)16-14(20)17(8-13(18)19)12-6-7-12/h2-5,9,12H,6-8H2,1H3,(H,16,20)(H,18,19). The third kappa shape index (κ3) is 3.69. The normalized spacial score (nSPS) is 15.5. The van der Waals surface area contributed by atoms with E-state index in [2.05, 4.69) is 5.32 Å². The lowest BCUT2D eigenvalue weighted by Gasteiger charge is -2.23. The fourth-order valence-corrected chi connectivity index (χ4v) is 2.00. The highest BCUT2D eigenvalue weighted by atomic mass is 19.1. The first-order valence-electron chi connectivity index (χ1n) is 6.51. The van der Waals surface area contributed by atoms with Crippen LogP contribution >= 0.6 is 0 Å². The van der Waals surface area contributed by atoms with E-state index in [9.17, 15) is 14.0 Å². The first-order valence-corrected chi connectivity index (χ1v) is 6.51. The molecule has 1 fully saturated rings. The summed E-state index contributed by atoms with van der Waals surface area (Å²) in [6, 6.07) is 5.16. The van der Waals surface area contributed by atoms with E-state index in [-0.39, 0.29) is 24.4 Å². The van der Waals surface area contributed by atoms with Gasteiger partial charge in [0.25, 0.3) is 0 Å². The summed E-state index contributed by atoms with van der Waals surface area (Å²) in [4.78, 5) is 24.2. The molecule has 1 saturated carbocycles. The second-order valence-corrected chi connectivity index (χ2v) is 4.98. The molecule has 1 aliphatic carbocycles. The molecule has 0 saturated heterocycles. The van der Waals surface area contributed by atoms with Gasteiger partial charge >= 0.3 is 12.0 Å². The smallest absolute Gasteiger partial charge is 0.323 e. The van der Waals surface area contributed by atoms with Crippen LogP contribution in [0, 0.1) is 5.82 Å². The van der Waals surface area contributed by atoms with Crippen LogP contribution in [0.3, 0.4) is 0 Å². The average Bonchev–Trinajstić information content (AvgIpc) is 3.20. The topological polar surface area (TPSA) is 69.6 Å². The van der Waals surface area contributed by atoms with Crippen LogP contribution in [0.4, 0.5) is 9.18 Å². The summed E-state index contributed by atoms with van der Waals surface area (Å²) in [6.45, 7) is 1.48. The van der Waals surface area contributed by atoms with Crippen molar-refractivity contribution in [3.63, 3.8) is 0 Å². The fourth-order valence-electron chi connectivity index (χ4n) is 2.00. The molecule has 20 heavy (non-hydrogen) atoms. The number of benzene rings is 1. The van der Waals surface area contributed by atoms with E-state index in [0.717, 1.165) is 18.4 Å². The van der Waals surface area contributed by atoms with Crippen LogP contribution in [0.2, 0.25) is 0 Å². The number of carbonyl (C=O) groups is 2. The zero-order chi connectivity index (χ0) is 14.7. The molecule has 2 rings (SSSR count). The van der Waals surface area contributed by atoms with E-state index in [1.54, 1.807) is 19.1 Å². The molecule has 5 nitrogen and oxygen atoms in total. The van der Waals surface area contributed by atoms with Crippen LogP contribution in [0.5, 0.6) is 0 Å². The number of halogens is 1. The molecule has 6 heteroatoms. The molecule has 0 bridgehead atoms. The van der Waals surface area contributed by atoms with Crippen molar-refractivity contribution in [2.75, 3.05) is 6.54 Å². The molecule has 2 N–H and O–H groups in total. The van der Waals surface area contributed by atoms with Gasteiger partial charge in [-0.15, -0.1) is 0 Å². The van der Waals surface area contributed by atoms with E-state index >= 15 is 0 Å². The first kappa shape index (κ1) is 14.3. The van der Waals surface area contributed by atoms with Gasteiger partial charge in [0.1, 0.15) is 12.4 Å². The molecular formula is C14H17FN2O3. The lowest BCUT2D eigenvalue weighted by atomic mass is 10.1. The van der Waals surface area contributed by atoms with Crippen molar-refractivity contribution < 1.29 is 19.1 Å². The molecular weight excluding hydrogens is 263 g/mol. The Labute approximate surface area is 116 Å². The highest BCUT2D eigenvalue weighted by Crippen LogP contribution is 2.27. The zero-order valence-electron chi connectivity index (χ0n) is 11.2. The second-order valence-electron chi connectivity index (χ2n) is 4.98. The molecule has 0 radical (unpaired) electrons. The molecule has 0 aromatic heterocycles. The lowest BCUT2D eigenvalue weighted by molar-refractivity contribution is -0.137. The number of carboxylic acid groups (broad SMARTS) is 1. The van der Waals surface area contributed by atoms with Gasteiger partial charge in [-0.25, -0.2) is 9.18 Å². The van der Waals surface area contributed by atoms with Gasteiger partial charge in [-0.2, -0.15) is 0 Å². The highest BCUT2D eigenvalue weighted by Gasteiger charge is 2.34. The van der Waals surface area contributed by atoms with Crippen molar-refractivity contribution >= 4 is 12.0 Å². The third-order valence-corrected chi connectivity index (χ3v) is 3.26. The summed E-state index contributed by atoms with van der Waals surface area (Å²) in [7, 11) is 0. The van der Waals surface area contributed by atoms with Crippen molar-refractivity contribution in [3.05, 3.63) is 35.6 Å². The Balaban J connectivity index is 1.98. The SMILES string of the molecule is CC(NC(=O)N(CC(=O)O)C1CC1)c1ccc(F)cc1. The maximum atomic E-state index is 12.8. The number of carboxylic acids is 1. The van der Waals surface area contributed by atoms with Gasteiger partial charge in [0.2, 0.25) is 0 Å². The van der Waals surface area contributed by atoms with Crippen molar-refractivity contribution in [2.45, 2.75) is 31.8 Å². The predicted octanol–water partition coefficient (Wildman–Crippen LogP) is 2.15. The number of carbonyl (C=O) groups excluding carboxylic acids is 1. The van der Waals surface area contributed by atoms with Crippen molar-refractivity contribution in [2.24, 2.45) is 0 Å². The van der Waals surface area contributed by atoms with E-state index in [1.165, 1.54) is 17.0 Å². The number of hydrogen-bond donors (Lipinski definition) is 2. The molecule has 1 aromatic carbocycles. The van der Waals surface area contributed by atoms with Gasteiger partial charge in [0.15, 0.2) is 0 Å². The van der Waals surface area contributed by atoms with Gasteiger partial charge in [0, 0.05) is 6.04 Å². The molecule has 1 aromatic rings. The highest BCUT2D eigenvalue weighted by molar-refractivity contribution is 5.81. The number of aliphatic carboxylic acids is 1. The molecule has 108 valence electrons. The fraction of sp³-hybridized carbons (Fsp3) is 0.429. The zero-order valence-corrected chi connectivity index (χ0v) is 11.2. The quantitative estimate of drug-likeness (QED) is 0.868. The predicted molar refractivity (Wildman–Crippen MR) is 70.7 cm³/mol. The van der Waals surface area contributed by atoms with Crippen LogP contribution < -0.4 is 5.32 Å². The largest absolute Gasteiger partial charge is 0.480 e. The maximum absolute atomic E-state index is 12.8. The Kier molecular flexibility index (Phi) is 4.22. The minimum atomic E-state index is -1.03. The first-order chi connectivity index (χ1) is 9.47. The monoisotopic (exact) mass is 280 g/mol. The molecule has 2 amide bonds. The number of hydrogen-bond acceptors (Lipinski definition) is 2. The Morgan fingerprint density at radius 1 is 1.40 bits per heavy atom. The summed E-state index contributed by atoms with van der Waals surface area (Å²) in [5.41, 5.74) is 0.769. The maximum Gasteiger partial charge on any atom is 0.323 e. The Morgan fingerprint density at radius 2 is 2.00 bits per heavy atom. The number of nitrogens with zero attached hydrogens (tertiary/aromatic N) is 1. The number of rotatable bonds is 5. The van der Waals surface area contributed by atoms with E-state index in [1.807, 2.05) is 0 Å². The van der Waals surface area contributed by atoms with Crippen LogP contribution in [0.1, 0.15) is 31.4 Å². The van der Waals surface area contributed by atoms with Crippen molar-refractivity contribution in [1.29, 1.82) is 0 Å². The number of urea groups is 1. The second kappa shape index (κ2) is 5.90. The van der Waals surface area contributed by atoms with Crippen LogP contribution in [0.15, 0.2) is 24.3 Å². The summed E-state index contributed by atoms with van der Waals surface area (Å²) < 4.78 is 12.8. The molecule has 1 aliphatic rings. The third-order valence-electron chi connectivity index (χ3n) is 3.26. The van der Waals surface area contributed by atoms with Crippen LogP contribution in [0.25, 0.3) is 0 Å². The van der Waals surface area contributed by atoms with Gasteiger partial charge < -0.3 is 15.3 Å². The van der Waals surface area contributed by atoms with E-state index in [0.29, 0.717) is 0 Å². The minimum Gasteiger partial charge on any atom is -0.480 e. The lowest BCUT2D eigenvalue weighted by Crippen LogP contribution is -2.44. The minimum absolute atomic E-state index is 0.0199. The Hall–Kier alpha value is -2.11. The van der Waals surface area contributed by atoms with Crippen LogP contribution in [-0.2, 0) is 4.79 Å². The average molecular weight is 280 g/mol. The Bertz CT molecular complexity index is 500. The summed E-state index contributed by atoms with van der Waals surface area (Å²) >= 11 is 0. The van der Waals surface area contributed by atoms with Gasteiger partial charge in [-0.1, -0.05) is 12.1 Å².